The van der Waals surface area contributed by atoms with Crippen LogP contribution in [-0.2, 0) is 4.74 Å². The molecule has 1 aromatic carbocycles. The van der Waals surface area contributed by atoms with E-state index in [1.54, 1.807) is 12.1 Å². The maximum absolute atomic E-state index is 13.2. The highest BCUT2D eigenvalue weighted by molar-refractivity contribution is 5.89. The number of amides is 2. The van der Waals surface area contributed by atoms with Gasteiger partial charge in [0, 0.05) is 13.1 Å². The van der Waals surface area contributed by atoms with Gasteiger partial charge in [-0.25, -0.2) is 9.18 Å². The molecule has 0 radical (unpaired) electrons. The Morgan fingerprint density at radius 1 is 1.33 bits per heavy atom. The lowest BCUT2D eigenvalue weighted by molar-refractivity contribution is 0.144. The number of carbonyl (C=O) groups excluding carboxylic acids is 1. The van der Waals surface area contributed by atoms with Crippen molar-refractivity contribution in [2.75, 3.05) is 31.6 Å². The van der Waals surface area contributed by atoms with Crippen LogP contribution in [0.15, 0.2) is 24.3 Å². The molecule has 0 aromatic heterocycles. The Morgan fingerprint density at radius 2 is 2.06 bits per heavy atom. The lowest BCUT2D eigenvalue weighted by atomic mass is 10.3. The fraction of sp³-hybridized carbons (Fsp3) is 0.364. The standard InChI is InChI=1S/C11H16FN3O2.ClH/c12-9-3-1-2-4-10(9)15-11(16)14-6-8-17-7-5-13;/h1-4H,5-8,13H2,(H2,14,15,16);1H. The van der Waals surface area contributed by atoms with E-state index in [1.165, 1.54) is 12.1 Å². The van der Waals surface area contributed by atoms with E-state index < -0.39 is 11.8 Å². The van der Waals surface area contributed by atoms with E-state index in [2.05, 4.69) is 10.6 Å². The van der Waals surface area contributed by atoms with Crippen molar-refractivity contribution in [1.82, 2.24) is 5.32 Å². The lowest BCUT2D eigenvalue weighted by Gasteiger charge is -2.08. The van der Waals surface area contributed by atoms with Crippen molar-refractivity contribution in [3.63, 3.8) is 0 Å². The van der Waals surface area contributed by atoms with Crippen molar-refractivity contribution in [2.24, 2.45) is 5.73 Å². The average Bonchev–Trinajstić information content (AvgIpc) is 2.32. The summed E-state index contributed by atoms with van der Waals surface area (Å²) in [7, 11) is 0. The van der Waals surface area contributed by atoms with Crippen LogP contribution >= 0.6 is 12.4 Å². The van der Waals surface area contributed by atoms with Gasteiger partial charge in [0.2, 0.25) is 0 Å². The van der Waals surface area contributed by atoms with Crippen LogP contribution in [-0.4, -0.2) is 32.3 Å². The van der Waals surface area contributed by atoms with E-state index in [1.807, 2.05) is 0 Å². The molecular formula is C11H17ClFN3O2. The van der Waals surface area contributed by atoms with Crippen LogP contribution in [0.5, 0.6) is 0 Å². The summed E-state index contributed by atoms with van der Waals surface area (Å²) in [5, 5.41) is 4.93. The number of anilines is 1. The average molecular weight is 278 g/mol. The molecule has 1 aromatic rings. The van der Waals surface area contributed by atoms with Gasteiger partial charge in [0.15, 0.2) is 0 Å². The first-order chi connectivity index (χ1) is 8.24. The van der Waals surface area contributed by atoms with Crippen LogP contribution < -0.4 is 16.4 Å². The Morgan fingerprint density at radius 3 is 2.72 bits per heavy atom. The second kappa shape index (κ2) is 9.64. The van der Waals surface area contributed by atoms with E-state index in [0.29, 0.717) is 26.3 Å². The molecule has 0 aliphatic heterocycles. The van der Waals surface area contributed by atoms with Gasteiger partial charge in [0.05, 0.1) is 18.9 Å². The molecule has 7 heteroatoms. The van der Waals surface area contributed by atoms with E-state index in [4.69, 9.17) is 10.5 Å². The topological polar surface area (TPSA) is 76.4 Å². The van der Waals surface area contributed by atoms with Gasteiger partial charge < -0.3 is 21.1 Å². The zero-order valence-corrected chi connectivity index (χ0v) is 10.6. The van der Waals surface area contributed by atoms with Gasteiger partial charge in [-0.3, -0.25) is 0 Å². The van der Waals surface area contributed by atoms with E-state index in [9.17, 15) is 9.18 Å². The maximum Gasteiger partial charge on any atom is 0.319 e. The van der Waals surface area contributed by atoms with Crippen molar-refractivity contribution >= 4 is 24.1 Å². The maximum atomic E-state index is 13.2. The van der Waals surface area contributed by atoms with Crippen molar-refractivity contribution in [2.45, 2.75) is 0 Å². The van der Waals surface area contributed by atoms with Crippen LogP contribution in [0.25, 0.3) is 0 Å². The number of ether oxygens (including phenoxy) is 1. The summed E-state index contributed by atoms with van der Waals surface area (Å²) in [5.41, 5.74) is 5.37. The van der Waals surface area contributed by atoms with Gasteiger partial charge in [-0.2, -0.15) is 0 Å². The summed E-state index contributed by atoms with van der Waals surface area (Å²) in [6.07, 6.45) is 0. The van der Waals surface area contributed by atoms with Crippen LogP contribution in [0.1, 0.15) is 0 Å². The van der Waals surface area contributed by atoms with E-state index in [0.717, 1.165) is 0 Å². The van der Waals surface area contributed by atoms with Crippen molar-refractivity contribution < 1.29 is 13.9 Å². The van der Waals surface area contributed by atoms with Crippen LogP contribution in [0.2, 0.25) is 0 Å². The van der Waals surface area contributed by atoms with Crippen molar-refractivity contribution in [3.8, 4) is 0 Å². The zero-order valence-electron chi connectivity index (χ0n) is 9.82. The number of benzene rings is 1. The third-order valence-electron chi connectivity index (χ3n) is 1.92. The van der Waals surface area contributed by atoms with Crippen LogP contribution in [0.4, 0.5) is 14.9 Å². The minimum absolute atomic E-state index is 0. The summed E-state index contributed by atoms with van der Waals surface area (Å²) < 4.78 is 18.2. The SMILES string of the molecule is Cl.NCCOCCNC(=O)Nc1ccccc1F. The molecule has 18 heavy (non-hydrogen) atoms. The van der Waals surface area contributed by atoms with Gasteiger partial charge in [-0.15, -0.1) is 12.4 Å². The van der Waals surface area contributed by atoms with Gasteiger partial charge in [0.1, 0.15) is 5.82 Å². The van der Waals surface area contributed by atoms with Gasteiger partial charge in [-0.1, -0.05) is 12.1 Å². The fourth-order valence-corrected chi connectivity index (χ4v) is 1.15. The minimum Gasteiger partial charge on any atom is -0.378 e. The Kier molecular flexibility index (Phi) is 8.91. The van der Waals surface area contributed by atoms with Crippen LogP contribution in [0, 0.1) is 5.82 Å². The van der Waals surface area contributed by atoms with Crippen LogP contribution in [0.3, 0.4) is 0 Å². The molecule has 0 saturated heterocycles. The number of nitrogens with one attached hydrogen (secondary N) is 2. The molecule has 0 unspecified atom stereocenters. The monoisotopic (exact) mass is 277 g/mol. The Balaban J connectivity index is 0.00000289. The summed E-state index contributed by atoms with van der Waals surface area (Å²) >= 11 is 0. The summed E-state index contributed by atoms with van der Waals surface area (Å²) in [4.78, 5) is 11.3. The molecule has 1 rings (SSSR count). The predicted octanol–water partition coefficient (Wildman–Crippen LogP) is 1.34. The third kappa shape index (κ3) is 6.39. The first kappa shape index (κ1) is 16.6. The molecule has 0 aliphatic carbocycles. The molecular weight excluding hydrogens is 261 g/mol. The van der Waals surface area contributed by atoms with Crippen molar-refractivity contribution in [1.29, 1.82) is 0 Å². The van der Waals surface area contributed by atoms with Crippen molar-refractivity contribution in [3.05, 3.63) is 30.1 Å². The minimum atomic E-state index is -0.470. The predicted molar refractivity (Wildman–Crippen MR) is 70.5 cm³/mol. The highest BCUT2D eigenvalue weighted by Gasteiger charge is 2.04. The molecule has 0 bridgehead atoms. The number of rotatable bonds is 6. The molecule has 102 valence electrons. The van der Waals surface area contributed by atoms with E-state index >= 15 is 0 Å². The fourth-order valence-electron chi connectivity index (χ4n) is 1.15. The largest absolute Gasteiger partial charge is 0.378 e. The Hall–Kier alpha value is -1.37. The first-order valence-electron chi connectivity index (χ1n) is 5.31. The third-order valence-corrected chi connectivity index (χ3v) is 1.92. The Bertz CT molecular complexity index is 366. The number of para-hydroxylation sites is 1. The molecule has 0 aliphatic rings. The summed E-state index contributed by atoms with van der Waals surface area (Å²) in [5.74, 6) is -0.470. The molecule has 5 nitrogen and oxygen atoms in total. The second-order valence-electron chi connectivity index (χ2n) is 3.26. The molecule has 0 fully saturated rings. The number of halogens is 2. The number of carbonyl (C=O) groups is 1. The number of hydrogen-bond donors (Lipinski definition) is 3. The van der Waals surface area contributed by atoms with Gasteiger partial charge >= 0.3 is 6.03 Å². The molecule has 0 heterocycles. The van der Waals surface area contributed by atoms with Gasteiger partial charge in [-0.05, 0) is 12.1 Å². The molecule has 0 saturated carbocycles. The summed E-state index contributed by atoms with van der Waals surface area (Å²) in [6.45, 7) is 1.63. The smallest absolute Gasteiger partial charge is 0.319 e. The van der Waals surface area contributed by atoms with Gasteiger partial charge in [0.25, 0.3) is 0 Å². The number of urea groups is 1. The molecule has 0 atom stereocenters. The number of nitrogens with two attached hydrogens (primary N) is 1. The zero-order chi connectivity index (χ0) is 12.5. The lowest BCUT2D eigenvalue weighted by Crippen LogP contribution is -2.32. The summed E-state index contributed by atoms with van der Waals surface area (Å²) in [6, 6.07) is 5.49. The quantitative estimate of drug-likeness (QED) is 0.687. The second-order valence-corrected chi connectivity index (χ2v) is 3.26. The Labute approximate surface area is 111 Å². The molecule has 2 amide bonds. The highest BCUT2D eigenvalue weighted by Crippen LogP contribution is 2.11. The number of hydrogen-bond acceptors (Lipinski definition) is 3. The molecule has 4 N–H and O–H groups in total. The molecule has 0 spiro atoms. The normalized spacial score (nSPS) is 9.44. The van der Waals surface area contributed by atoms with E-state index in [-0.39, 0.29) is 18.1 Å². The highest BCUT2D eigenvalue weighted by atomic mass is 35.5. The first-order valence-corrected chi connectivity index (χ1v) is 5.31.